The Morgan fingerprint density at radius 1 is 1.29 bits per heavy atom. The Bertz CT molecular complexity index is 606. The van der Waals surface area contributed by atoms with Gasteiger partial charge in [0.25, 0.3) is 0 Å². The second-order valence-corrected chi connectivity index (χ2v) is 7.73. The molecule has 6 heteroatoms. The molecule has 0 radical (unpaired) electrons. The first-order valence-electron chi connectivity index (χ1n) is 7.35. The third kappa shape index (κ3) is 4.02. The number of benzene rings is 1. The highest BCUT2D eigenvalue weighted by Gasteiger charge is 2.26. The van der Waals surface area contributed by atoms with Crippen LogP contribution in [0.25, 0.3) is 0 Å². The van der Waals surface area contributed by atoms with E-state index in [1.165, 1.54) is 6.42 Å². The standard InChI is InChI=1S/C15H22N2O2S2/c1-2-11-7-9-12(10-8-11)17-21(18,19)14-6-4-3-5-13(14)15(16)20/h3-6,11-12,17H,2,7-10H2,1H3,(H2,16,20). The lowest BCUT2D eigenvalue weighted by Crippen LogP contribution is -2.38. The van der Waals surface area contributed by atoms with E-state index in [-0.39, 0.29) is 15.9 Å². The van der Waals surface area contributed by atoms with Crippen molar-refractivity contribution < 1.29 is 8.42 Å². The molecule has 1 aromatic carbocycles. The van der Waals surface area contributed by atoms with Gasteiger partial charge in [-0.05, 0) is 37.7 Å². The van der Waals surface area contributed by atoms with Crippen molar-refractivity contribution in [2.45, 2.75) is 50.0 Å². The molecule has 0 bridgehead atoms. The normalized spacial score (nSPS) is 22.9. The lowest BCUT2D eigenvalue weighted by atomic mass is 9.85. The number of hydrogen-bond acceptors (Lipinski definition) is 3. The summed E-state index contributed by atoms with van der Waals surface area (Å²) in [7, 11) is -3.58. The molecule has 2 rings (SSSR count). The van der Waals surface area contributed by atoms with Crippen molar-refractivity contribution in [3.8, 4) is 0 Å². The predicted octanol–water partition coefficient (Wildman–Crippen LogP) is 2.57. The van der Waals surface area contributed by atoms with Crippen molar-refractivity contribution >= 4 is 27.2 Å². The Balaban J connectivity index is 2.15. The van der Waals surface area contributed by atoms with Crippen LogP contribution in [-0.2, 0) is 10.0 Å². The van der Waals surface area contributed by atoms with Crippen LogP contribution in [0.15, 0.2) is 29.2 Å². The van der Waals surface area contributed by atoms with Crippen LogP contribution < -0.4 is 10.5 Å². The van der Waals surface area contributed by atoms with E-state index in [1.807, 2.05) is 0 Å². The molecule has 0 spiro atoms. The van der Waals surface area contributed by atoms with E-state index in [2.05, 4.69) is 11.6 Å². The van der Waals surface area contributed by atoms with Crippen LogP contribution in [-0.4, -0.2) is 19.4 Å². The third-order valence-corrected chi connectivity index (χ3v) is 5.99. The predicted molar refractivity (Wildman–Crippen MR) is 88.7 cm³/mol. The quantitative estimate of drug-likeness (QED) is 0.816. The van der Waals surface area contributed by atoms with E-state index in [0.717, 1.165) is 31.6 Å². The Kier molecular flexibility index (Phi) is 5.35. The van der Waals surface area contributed by atoms with Crippen molar-refractivity contribution in [3.63, 3.8) is 0 Å². The molecular formula is C15H22N2O2S2. The second kappa shape index (κ2) is 6.85. The fraction of sp³-hybridized carbons (Fsp3) is 0.533. The van der Waals surface area contributed by atoms with Crippen LogP contribution in [0.2, 0.25) is 0 Å². The van der Waals surface area contributed by atoms with Gasteiger partial charge in [-0.1, -0.05) is 43.8 Å². The van der Waals surface area contributed by atoms with Crippen LogP contribution in [0, 0.1) is 5.92 Å². The van der Waals surface area contributed by atoms with E-state index in [1.54, 1.807) is 24.3 Å². The number of sulfonamides is 1. The lowest BCUT2D eigenvalue weighted by Gasteiger charge is -2.28. The molecule has 0 aromatic heterocycles. The van der Waals surface area contributed by atoms with Gasteiger partial charge < -0.3 is 5.73 Å². The van der Waals surface area contributed by atoms with Crippen LogP contribution in [0.1, 0.15) is 44.6 Å². The maximum atomic E-state index is 12.6. The first-order valence-corrected chi connectivity index (χ1v) is 9.24. The molecular weight excluding hydrogens is 304 g/mol. The van der Waals surface area contributed by atoms with E-state index >= 15 is 0 Å². The Morgan fingerprint density at radius 3 is 2.48 bits per heavy atom. The first kappa shape index (κ1) is 16.4. The highest BCUT2D eigenvalue weighted by Crippen LogP contribution is 2.27. The van der Waals surface area contributed by atoms with E-state index in [4.69, 9.17) is 18.0 Å². The summed E-state index contributed by atoms with van der Waals surface area (Å²) in [6.45, 7) is 2.19. The summed E-state index contributed by atoms with van der Waals surface area (Å²) in [5.74, 6) is 0.731. The largest absolute Gasteiger partial charge is 0.389 e. The topological polar surface area (TPSA) is 72.2 Å². The van der Waals surface area contributed by atoms with E-state index in [0.29, 0.717) is 5.56 Å². The number of hydrogen-bond donors (Lipinski definition) is 2. The second-order valence-electron chi connectivity index (χ2n) is 5.61. The fourth-order valence-electron chi connectivity index (χ4n) is 2.88. The highest BCUT2D eigenvalue weighted by molar-refractivity contribution is 7.89. The van der Waals surface area contributed by atoms with Gasteiger partial charge in [0, 0.05) is 11.6 Å². The molecule has 0 heterocycles. The van der Waals surface area contributed by atoms with E-state index in [9.17, 15) is 8.42 Å². The zero-order valence-corrected chi connectivity index (χ0v) is 13.8. The smallest absolute Gasteiger partial charge is 0.241 e. The lowest BCUT2D eigenvalue weighted by molar-refractivity contribution is 0.306. The Morgan fingerprint density at radius 2 is 1.90 bits per heavy atom. The summed E-state index contributed by atoms with van der Waals surface area (Å²) in [5.41, 5.74) is 6.02. The van der Waals surface area contributed by atoms with Crippen molar-refractivity contribution in [1.29, 1.82) is 0 Å². The van der Waals surface area contributed by atoms with Gasteiger partial charge >= 0.3 is 0 Å². The number of nitrogens with one attached hydrogen (secondary N) is 1. The maximum absolute atomic E-state index is 12.6. The molecule has 3 N–H and O–H groups in total. The molecule has 1 aliphatic carbocycles. The van der Waals surface area contributed by atoms with Gasteiger partial charge in [-0.3, -0.25) is 0 Å². The minimum atomic E-state index is -3.58. The first-order chi connectivity index (χ1) is 9.94. The average Bonchev–Trinajstić information content (AvgIpc) is 2.47. The van der Waals surface area contributed by atoms with Gasteiger partial charge in [0.1, 0.15) is 4.99 Å². The SMILES string of the molecule is CCC1CCC(NS(=O)(=O)c2ccccc2C(N)=S)CC1. The summed E-state index contributed by atoms with van der Waals surface area (Å²) in [4.78, 5) is 0.279. The molecule has 1 saturated carbocycles. The van der Waals surface area contributed by atoms with Gasteiger partial charge in [0.2, 0.25) is 10.0 Å². The van der Waals surface area contributed by atoms with Crippen molar-refractivity contribution in [2.24, 2.45) is 11.7 Å². The van der Waals surface area contributed by atoms with Crippen LogP contribution in [0.5, 0.6) is 0 Å². The third-order valence-electron chi connectivity index (χ3n) is 4.19. The zero-order valence-electron chi connectivity index (χ0n) is 12.2. The molecule has 0 saturated heterocycles. The number of nitrogens with two attached hydrogens (primary N) is 1. The summed E-state index contributed by atoms with van der Waals surface area (Å²) in [6.07, 6.45) is 5.13. The van der Waals surface area contributed by atoms with Gasteiger partial charge in [-0.15, -0.1) is 0 Å². The van der Waals surface area contributed by atoms with Gasteiger partial charge in [-0.25, -0.2) is 13.1 Å². The Hall–Kier alpha value is -0.980. The zero-order chi connectivity index (χ0) is 15.5. The van der Waals surface area contributed by atoms with Gasteiger partial charge in [0.15, 0.2) is 0 Å². The molecule has 0 atom stereocenters. The summed E-state index contributed by atoms with van der Waals surface area (Å²) in [5, 5.41) is 0. The van der Waals surface area contributed by atoms with Crippen LogP contribution in [0.3, 0.4) is 0 Å². The molecule has 0 amide bonds. The van der Waals surface area contributed by atoms with Crippen molar-refractivity contribution in [3.05, 3.63) is 29.8 Å². The summed E-state index contributed by atoms with van der Waals surface area (Å²) >= 11 is 4.94. The minimum Gasteiger partial charge on any atom is -0.389 e. The van der Waals surface area contributed by atoms with Crippen molar-refractivity contribution in [1.82, 2.24) is 4.72 Å². The monoisotopic (exact) mass is 326 g/mol. The molecule has 4 nitrogen and oxygen atoms in total. The Labute approximate surface area is 132 Å². The van der Waals surface area contributed by atoms with E-state index < -0.39 is 10.0 Å². The van der Waals surface area contributed by atoms with Crippen molar-refractivity contribution in [2.75, 3.05) is 0 Å². The summed E-state index contributed by atoms with van der Waals surface area (Å²) in [6, 6.07) is 6.63. The maximum Gasteiger partial charge on any atom is 0.241 e. The molecule has 21 heavy (non-hydrogen) atoms. The molecule has 0 unspecified atom stereocenters. The van der Waals surface area contributed by atoms with Crippen LogP contribution >= 0.6 is 12.2 Å². The average molecular weight is 326 g/mol. The fourth-order valence-corrected chi connectivity index (χ4v) is 4.65. The highest BCUT2D eigenvalue weighted by atomic mass is 32.2. The van der Waals surface area contributed by atoms with Crippen LogP contribution in [0.4, 0.5) is 0 Å². The molecule has 0 aliphatic heterocycles. The molecule has 1 aromatic rings. The number of rotatable bonds is 5. The van der Waals surface area contributed by atoms with Gasteiger partial charge in [0.05, 0.1) is 4.90 Å². The molecule has 1 aliphatic rings. The molecule has 1 fully saturated rings. The summed E-state index contributed by atoms with van der Waals surface area (Å²) < 4.78 is 27.9. The number of thiocarbonyl (C=S) groups is 1. The van der Waals surface area contributed by atoms with Gasteiger partial charge in [-0.2, -0.15) is 0 Å². The molecule has 116 valence electrons. The minimum absolute atomic E-state index is 0.0113.